The third-order valence-electron chi connectivity index (χ3n) is 5.30. The lowest BCUT2D eigenvalue weighted by molar-refractivity contribution is -0.138. The van der Waals surface area contributed by atoms with Crippen LogP contribution in [0, 0.1) is 6.92 Å². The van der Waals surface area contributed by atoms with Gasteiger partial charge in [-0.3, -0.25) is 9.59 Å². The van der Waals surface area contributed by atoms with Gasteiger partial charge in [0.05, 0.1) is 0 Å². The second-order valence-electron chi connectivity index (χ2n) is 6.89. The molecule has 0 aromatic heterocycles. The van der Waals surface area contributed by atoms with E-state index in [4.69, 9.17) is 0 Å². The first-order valence-corrected chi connectivity index (χ1v) is 8.54. The predicted molar refractivity (Wildman–Crippen MR) is 87.0 cm³/mol. The molecule has 6 heteroatoms. The van der Waals surface area contributed by atoms with Gasteiger partial charge in [0, 0.05) is 19.6 Å². The minimum absolute atomic E-state index is 0.113. The van der Waals surface area contributed by atoms with Crippen LogP contribution in [0.25, 0.3) is 0 Å². The van der Waals surface area contributed by atoms with Crippen molar-refractivity contribution in [2.45, 2.75) is 44.8 Å². The molecule has 3 fully saturated rings. The van der Waals surface area contributed by atoms with Crippen LogP contribution in [0.4, 0.5) is 4.79 Å². The molecule has 0 spiro atoms. The molecule has 4 amide bonds. The van der Waals surface area contributed by atoms with Gasteiger partial charge in [0.2, 0.25) is 5.91 Å². The van der Waals surface area contributed by atoms with Crippen LogP contribution >= 0.6 is 0 Å². The van der Waals surface area contributed by atoms with Gasteiger partial charge in [-0.25, -0.2) is 9.69 Å². The lowest BCUT2D eigenvalue weighted by Gasteiger charge is -2.22. The van der Waals surface area contributed by atoms with Crippen molar-refractivity contribution in [2.24, 2.45) is 0 Å². The summed E-state index contributed by atoms with van der Waals surface area (Å²) in [5.41, 5.74) is 2.24. The normalized spacial score (nSPS) is 26.7. The largest absolute Gasteiger partial charge is 0.336 e. The van der Waals surface area contributed by atoms with Gasteiger partial charge in [-0.2, -0.15) is 0 Å². The Labute approximate surface area is 141 Å². The van der Waals surface area contributed by atoms with Gasteiger partial charge in [0.25, 0.3) is 5.91 Å². The van der Waals surface area contributed by atoms with Crippen LogP contribution in [0.15, 0.2) is 24.3 Å². The molecule has 3 aliphatic rings. The highest BCUT2D eigenvalue weighted by atomic mass is 16.2. The van der Waals surface area contributed by atoms with Gasteiger partial charge in [-0.05, 0) is 31.7 Å². The van der Waals surface area contributed by atoms with Crippen LogP contribution in [0.5, 0.6) is 0 Å². The number of urea groups is 1. The molecule has 3 saturated heterocycles. The van der Waals surface area contributed by atoms with Crippen LogP contribution in [-0.2, 0) is 16.1 Å². The zero-order valence-electron chi connectivity index (χ0n) is 13.8. The highest BCUT2D eigenvalue weighted by Crippen LogP contribution is 2.31. The first kappa shape index (κ1) is 15.2. The van der Waals surface area contributed by atoms with E-state index in [2.05, 4.69) is 0 Å². The lowest BCUT2D eigenvalue weighted by atomic mass is 10.1. The minimum Gasteiger partial charge on any atom is -0.336 e. The van der Waals surface area contributed by atoms with Crippen molar-refractivity contribution in [1.29, 1.82) is 0 Å². The lowest BCUT2D eigenvalue weighted by Crippen LogP contribution is -2.46. The fourth-order valence-electron chi connectivity index (χ4n) is 3.97. The van der Waals surface area contributed by atoms with Crippen LogP contribution < -0.4 is 0 Å². The van der Waals surface area contributed by atoms with Gasteiger partial charge in [-0.1, -0.05) is 29.8 Å². The Morgan fingerprint density at radius 2 is 1.71 bits per heavy atom. The molecule has 4 rings (SSSR count). The molecule has 6 nitrogen and oxygen atoms in total. The Balaban J connectivity index is 1.48. The van der Waals surface area contributed by atoms with Crippen molar-refractivity contribution in [3.05, 3.63) is 35.4 Å². The number of amides is 4. The van der Waals surface area contributed by atoms with Gasteiger partial charge >= 0.3 is 6.03 Å². The van der Waals surface area contributed by atoms with Crippen molar-refractivity contribution in [2.75, 3.05) is 13.1 Å². The van der Waals surface area contributed by atoms with E-state index in [0.29, 0.717) is 26.1 Å². The molecular weight excluding hydrogens is 306 g/mol. The van der Waals surface area contributed by atoms with Gasteiger partial charge in [0.1, 0.15) is 12.1 Å². The Morgan fingerprint density at radius 1 is 0.958 bits per heavy atom. The van der Waals surface area contributed by atoms with Gasteiger partial charge in [0.15, 0.2) is 0 Å². The summed E-state index contributed by atoms with van der Waals surface area (Å²) < 4.78 is 0. The number of rotatable bonds is 3. The quantitative estimate of drug-likeness (QED) is 0.791. The van der Waals surface area contributed by atoms with Crippen molar-refractivity contribution in [1.82, 2.24) is 14.7 Å². The smallest absolute Gasteiger partial charge is 0.328 e. The molecule has 0 bridgehead atoms. The number of carbonyl (C=O) groups is 3. The third-order valence-corrected chi connectivity index (χ3v) is 5.30. The molecule has 3 heterocycles. The Kier molecular flexibility index (Phi) is 3.55. The number of imide groups is 1. The number of hydrogen-bond donors (Lipinski definition) is 0. The molecule has 0 aliphatic carbocycles. The van der Waals surface area contributed by atoms with Gasteiger partial charge in [-0.15, -0.1) is 0 Å². The molecule has 0 radical (unpaired) electrons. The highest BCUT2D eigenvalue weighted by Gasteiger charge is 2.53. The molecule has 2 atom stereocenters. The molecule has 1 aromatic carbocycles. The average molecular weight is 327 g/mol. The monoisotopic (exact) mass is 327 g/mol. The number of fused-ring (bicyclic) bond motifs is 1. The van der Waals surface area contributed by atoms with E-state index in [0.717, 1.165) is 18.4 Å². The van der Waals surface area contributed by atoms with Crippen molar-refractivity contribution >= 4 is 17.8 Å². The number of nitrogens with zero attached hydrogens (tertiary/aromatic N) is 3. The maximum atomic E-state index is 12.7. The molecule has 126 valence electrons. The van der Waals surface area contributed by atoms with E-state index in [1.807, 2.05) is 31.2 Å². The topological polar surface area (TPSA) is 60.9 Å². The van der Waals surface area contributed by atoms with Crippen molar-refractivity contribution in [3.8, 4) is 0 Å². The molecule has 24 heavy (non-hydrogen) atoms. The Bertz CT molecular complexity index is 678. The summed E-state index contributed by atoms with van der Waals surface area (Å²) in [6.45, 7) is 3.76. The number of aryl methyl sites for hydroxylation is 1. The Hall–Kier alpha value is -2.37. The summed E-state index contributed by atoms with van der Waals surface area (Å²) in [4.78, 5) is 42.3. The van der Waals surface area contributed by atoms with E-state index in [-0.39, 0.29) is 23.9 Å². The second kappa shape index (κ2) is 5.61. The third kappa shape index (κ3) is 2.28. The predicted octanol–water partition coefficient (Wildman–Crippen LogP) is 1.52. The molecule has 3 aliphatic heterocycles. The average Bonchev–Trinajstić information content (AvgIpc) is 3.23. The first-order valence-electron chi connectivity index (χ1n) is 8.54. The second-order valence-corrected chi connectivity index (χ2v) is 6.89. The van der Waals surface area contributed by atoms with Crippen LogP contribution in [0.2, 0.25) is 0 Å². The van der Waals surface area contributed by atoms with E-state index in [1.165, 1.54) is 10.5 Å². The summed E-state index contributed by atoms with van der Waals surface area (Å²) in [5, 5.41) is 0. The minimum atomic E-state index is -0.624. The number of benzene rings is 1. The van der Waals surface area contributed by atoms with E-state index in [1.54, 1.807) is 9.80 Å². The number of likely N-dealkylation sites (tertiary alicyclic amines) is 1. The molecule has 1 unspecified atom stereocenters. The zero-order chi connectivity index (χ0) is 16.8. The standard InChI is InChI=1S/C18H21N3O3/c1-12-4-6-13(7-5-12)11-19-10-8-15(16(19)22)21-17(23)14-3-2-9-20(14)18(21)24/h4-7,14-15H,2-3,8-11H2,1H3/t14-,15?/m0/s1. The van der Waals surface area contributed by atoms with E-state index >= 15 is 0 Å². The van der Waals surface area contributed by atoms with E-state index in [9.17, 15) is 14.4 Å². The summed E-state index contributed by atoms with van der Waals surface area (Å²) in [6.07, 6.45) is 2.12. The van der Waals surface area contributed by atoms with Crippen LogP contribution in [0.1, 0.15) is 30.4 Å². The highest BCUT2D eigenvalue weighted by molar-refractivity contribution is 6.08. The summed E-state index contributed by atoms with van der Waals surface area (Å²) in [6, 6.07) is 6.83. The first-order chi connectivity index (χ1) is 11.6. The van der Waals surface area contributed by atoms with E-state index < -0.39 is 6.04 Å². The number of carbonyl (C=O) groups excluding carboxylic acids is 3. The van der Waals surface area contributed by atoms with Gasteiger partial charge < -0.3 is 9.80 Å². The summed E-state index contributed by atoms with van der Waals surface area (Å²) >= 11 is 0. The van der Waals surface area contributed by atoms with Crippen LogP contribution in [-0.4, -0.2) is 57.7 Å². The maximum Gasteiger partial charge on any atom is 0.328 e. The van der Waals surface area contributed by atoms with Crippen molar-refractivity contribution < 1.29 is 14.4 Å². The summed E-state index contributed by atoms with van der Waals surface area (Å²) in [7, 11) is 0. The fraction of sp³-hybridized carbons (Fsp3) is 0.500. The Morgan fingerprint density at radius 3 is 2.42 bits per heavy atom. The SMILES string of the molecule is Cc1ccc(CN2CCC(N3C(=O)[C@@H]4CCCN4C3=O)C2=O)cc1. The number of hydrogen-bond acceptors (Lipinski definition) is 3. The maximum absolute atomic E-state index is 12.7. The molecule has 1 aromatic rings. The molecular formula is C18H21N3O3. The van der Waals surface area contributed by atoms with Crippen molar-refractivity contribution in [3.63, 3.8) is 0 Å². The van der Waals surface area contributed by atoms with Crippen LogP contribution in [0.3, 0.4) is 0 Å². The summed E-state index contributed by atoms with van der Waals surface area (Å²) in [5.74, 6) is -0.300. The zero-order valence-corrected chi connectivity index (χ0v) is 13.8. The fourth-order valence-corrected chi connectivity index (χ4v) is 3.97. The molecule has 0 saturated carbocycles. The molecule has 0 N–H and O–H groups in total.